The Labute approximate surface area is 188 Å². The van der Waals surface area contributed by atoms with Gasteiger partial charge in [0.1, 0.15) is 0 Å². The van der Waals surface area contributed by atoms with Crippen molar-refractivity contribution in [2.75, 3.05) is 13.2 Å². The van der Waals surface area contributed by atoms with E-state index in [1.165, 1.54) is 15.9 Å². The van der Waals surface area contributed by atoms with Gasteiger partial charge in [-0.2, -0.15) is 9.50 Å². The topological polar surface area (TPSA) is 65.7 Å². The second-order valence-corrected chi connectivity index (χ2v) is 7.98. The summed E-state index contributed by atoms with van der Waals surface area (Å²) in [5.41, 5.74) is 1.61. The number of halogens is 1. The smallest absolute Gasteiger partial charge is 0.291 e. The van der Waals surface area contributed by atoms with Crippen LogP contribution in [-0.4, -0.2) is 27.8 Å². The molecular weight excluding hydrogens is 434 g/mol. The average molecular weight is 454 g/mol. The van der Waals surface area contributed by atoms with Gasteiger partial charge in [-0.15, -0.1) is 5.10 Å². The molecule has 6 nitrogen and oxygen atoms in total. The molecule has 0 atom stereocenters. The summed E-state index contributed by atoms with van der Waals surface area (Å²) in [4.78, 5) is 17.8. The molecule has 8 heteroatoms. The standard InChI is InChI=1S/C23H20ClN3O3S/c1-3-29-18-11-7-16(13-19(18)30-4-2)14-20-22(28)27-23(31-20)25-21(26-27)12-8-15-5-9-17(24)10-6-15/h5-14H,3-4H2,1-2H3. The first-order chi connectivity index (χ1) is 15.1. The maximum Gasteiger partial charge on any atom is 0.291 e. The van der Waals surface area contributed by atoms with Crippen molar-refractivity contribution in [3.8, 4) is 11.5 Å². The predicted octanol–water partition coefficient (Wildman–Crippen LogP) is 4.32. The minimum Gasteiger partial charge on any atom is -0.490 e. The van der Waals surface area contributed by atoms with Crippen molar-refractivity contribution in [1.29, 1.82) is 0 Å². The molecule has 0 radical (unpaired) electrons. The van der Waals surface area contributed by atoms with Crippen LogP contribution in [0.5, 0.6) is 11.5 Å². The van der Waals surface area contributed by atoms with Crippen molar-refractivity contribution < 1.29 is 9.47 Å². The first kappa shape index (κ1) is 21.1. The second-order valence-electron chi connectivity index (χ2n) is 6.54. The van der Waals surface area contributed by atoms with E-state index in [-0.39, 0.29) is 5.56 Å². The number of fused-ring (bicyclic) bond motifs is 1. The Morgan fingerprint density at radius 2 is 1.71 bits per heavy atom. The van der Waals surface area contributed by atoms with Gasteiger partial charge in [0, 0.05) is 5.02 Å². The number of hydrogen-bond acceptors (Lipinski definition) is 6. The molecule has 31 heavy (non-hydrogen) atoms. The Morgan fingerprint density at radius 1 is 1.00 bits per heavy atom. The minimum atomic E-state index is -0.203. The number of aromatic nitrogens is 3. The number of thiazole rings is 1. The zero-order valence-electron chi connectivity index (χ0n) is 17.0. The summed E-state index contributed by atoms with van der Waals surface area (Å²) in [6.45, 7) is 4.92. The minimum absolute atomic E-state index is 0.203. The fourth-order valence-electron chi connectivity index (χ4n) is 2.97. The monoisotopic (exact) mass is 453 g/mol. The lowest BCUT2D eigenvalue weighted by Crippen LogP contribution is -2.23. The highest BCUT2D eigenvalue weighted by atomic mass is 35.5. The Hall–Kier alpha value is -3.16. The van der Waals surface area contributed by atoms with E-state index in [9.17, 15) is 4.79 Å². The summed E-state index contributed by atoms with van der Waals surface area (Å²) in [6.07, 6.45) is 5.46. The van der Waals surface area contributed by atoms with Crippen LogP contribution in [0, 0.1) is 0 Å². The number of rotatable bonds is 7. The van der Waals surface area contributed by atoms with Crippen LogP contribution in [0.2, 0.25) is 5.02 Å². The molecule has 0 bridgehead atoms. The van der Waals surface area contributed by atoms with Crippen LogP contribution in [0.25, 0.3) is 23.2 Å². The van der Waals surface area contributed by atoms with Gasteiger partial charge in [0.25, 0.3) is 5.56 Å². The van der Waals surface area contributed by atoms with Crippen molar-refractivity contribution in [2.24, 2.45) is 0 Å². The normalized spacial score (nSPS) is 12.2. The Balaban J connectivity index is 1.63. The van der Waals surface area contributed by atoms with E-state index < -0.39 is 0 Å². The number of nitrogens with zero attached hydrogens (tertiary/aromatic N) is 3. The number of benzene rings is 2. The van der Waals surface area contributed by atoms with Crippen molar-refractivity contribution in [3.05, 3.63) is 79.3 Å². The van der Waals surface area contributed by atoms with Crippen LogP contribution in [0.3, 0.4) is 0 Å². The van der Waals surface area contributed by atoms with Gasteiger partial charge >= 0.3 is 0 Å². The molecule has 0 saturated carbocycles. The molecule has 0 fully saturated rings. The number of ether oxygens (including phenoxy) is 2. The molecule has 2 heterocycles. The Kier molecular flexibility index (Phi) is 6.34. The molecule has 0 unspecified atom stereocenters. The first-order valence-electron chi connectivity index (χ1n) is 9.82. The Morgan fingerprint density at radius 3 is 2.42 bits per heavy atom. The quantitative estimate of drug-likeness (QED) is 0.417. The van der Waals surface area contributed by atoms with E-state index in [2.05, 4.69) is 10.1 Å². The zero-order valence-corrected chi connectivity index (χ0v) is 18.6. The fourth-order valence-corrected chi connectivity index (χ4v) is 4.01. The van der Waals surface area contributed by atoms with E-state index in [1.54, 1.807) is 6.08 Å². The van der Waals surface area contributed by atoms with Gasteiger partial charge in [-0.25, -0.2) is 0 Å². The largest absolute Gasteiger partial charge is 0.490 e. The van der Waals surface area contributed by atoms with E-state index in [4.69, 9.17) is 21.1 Å². The van der Waals surface area contributed by atoms with E-state index in [0.29, 0.717) is 45.1 Å². The van der Waals surface area contributed by atoms with Gasteiger partial charge in [-0.3, -0.25) is 4.79 Å². The maximum absolute atomic E-state index is 12.8. The lowest BCUT2D eigenvalue weighted by molar-refractivity contribution is 0.287. The third-order valence-corrected chi connectivity index (χ3v) is 5.57. The van der Waals surface area contributed by atoms with Gasteiger partial charge in [-0.05, 0) is 61.4 Å². The first-order valence-corrected chi connectivity index (χ1v) is 11.0. The summed E-state index contributed by atoms with van der Waals surface area (Å²) in [7, 11) is 0. The maximum atomic E-state index is 12.8. The zero-order chi connectivity index (χ0) is 21.8. The van der Waals surface area contributed by atoms with Gasteiger partial charge in [0.05, 0.1) is 17.7 Å². The fraction of sp³-hybridized carbons (Fsp3) is 0.174. The van der Waals surface area contributed by atoms with Crippen LogP contribution in [-0.2, 0) is 0 Å². The molecular formula is C23H20ClN3O3S. The molecule has 4 rings (SSSR count). The van der Waals surface area contributed by atoms with E-state index in [1.807, 2.05) is 68.5 Å². The van der Waals surface area contributed by atoms with Crippen LogP contribution in [0.15, 0.2) is 47.3 Å². The van der Waals surface area contributed by atoms with Crippen molar-refractivity contribution in [3.63, 3.8) is 0 Å². The lowest BCUT2D eigenvalue weighted by Gasteiger charge is -2.11. The second kappa shape index (κ2) is 9.32. The van der Waals surface area contributed by atoms with Crippen LogP contribution >= 0.6 is 22.9 Å². The van der Waals surface area contributed by atoms with Gasteiger partial charge < -0.3 is 9.47 Å². The predicted molar refractivity (Wildman–Crippen MR) is 125 cm³/mol. The molecule has 2 aromatic carbocycles. The molecule has 0 aliphatic rings. The molecule has 158 valence electrons. The third kappa shape index (κ3) is 4.78. The highest BCUT2D eigenvalue weighted by molar-refractivity contribution is 7.15. The summed E-state index contributed by atoms with van der Waals surface area (Å²) in [5, 5.41) is 5.00. The molecule has 0 aliphatic carbocycles. The number of hydrogen-bond donors (Lipinski definition) is 0. The molecule has 2 aromatic heterocycles. The van der Waals surface area contributed by atoms with Crippen LogP contribution in [0.4, 0.5) is 0 Å². The summed E-state index contributed by atoms with van der Waals surface area (Å²) in [6, 6.07) is 13.0. The van der Waals surface area contributed by atoms with Gasteiger partial charge in [-0.1, -0.05) is 47.2 Å². The van der Waals surface area contributed by atoms with Crippen molar-refractivity contribution in [1.82, 2.24) is 14.6 Å². The van der Waals surface area contributed by atoms with E-state index >= 15 is 0 Å². The molecule has 0 spiro atoms. The van der Waals surface area contributed by atoms with Gasteiger partial charge in [0.2, 0.25) is 4.96 Å². The lowest BCUT2D eigenvalue weighted by atomic mass is 10.2. The summed E-state index contributed by atoms with van der Waals surface area (Å²) in [5.74, 6) is 1.81. The van der Waals surface area contributed by atoms with E-state index in [0.717, 1.165) is 11.1 Å². The van der Waals surface area contributed by atoms with Crippen molar-refractivity contribution >= 4 is 46.1 Å². The highest BCUT2D eigenvalue weighted by Gasteiger charge is 2.10. The van der Waals surface area contributed by atoms with Crippen LogP contribution in [0.1, 0.15) is 30.8 Å². The summed E-state index contributed by atoms with van der Waals surface area (Å²) >= 11 is 7.20. The average Bonchev–Trinajstić information content (AvgIpc) is 3.29. The molecule has 0 amide bonds. The molecule has 0 aliphatic heterocycles. The highest BCUT2D eigenvalue weighted by Crippen LogP contribution is 2.28. The summed E-state index contributed by atoms with van der Waals surface area (Å²) < 4.78 is 13.1. The molecule has 0 saturated heterocycles. The third-order valence-electron chi connectivity index (χ3n) is 4.36. The molecule has 0 N–H and O–H groups in total. The van der Waals surface area contributed by atoms with Crippen LogP contribution < -0.4 is 19.6 Å². The molecule has 4 aromatic rings. The SMILES string of the molecule is CCOc1ccc(C=c2sc3nc(C=Cc4ccc(Cl)cc4)nn3c2=O)cc1OCC. The van der Waals surface area contributed by atoms with Crippen molar-refractivity contribution in [2.45, 2.75) is 13.8 Å². The van der Waals surface area contributed by atoms with Gasteiger partial charge in [0.15, 0.2) is 17.3 Å². The Bertz CT molecular complexity index is 1340.